The quantitative estimate of drug-likeness (QED) is 0.716. The molecule has 0 unspecified atom stereocenters. The van der Waals surface area contributed by atoms with E-state index in [0.29, 0.717) is 0 Å². The molecule has 3 aromatic heterocycles. The number of nitrogens with one attached hydrogen (secondary N) is 1. The van der Waals surface area contributed by atoms with Crippen molar-refractivity contribution in [3.63, 3.8) is 0 Å². The first-order chi connectivity index (χ1) is 8.55. The van der Waals surface area contributed by atoms with Crippen LogP contribution in [0, 0.1) is 0 Å². The van der Waals surface area contributed by atoms with Gasteiger partial charge in [0, 0.05) is 35.0 Å². The Balaban J connectivity index is 2.15. The maximum atomic E-state index is 4.54. The minimum atomic E-state index is 0.104. The second-order valence-corrected chi connectivity index (χ2v) is 6.41. The van der Waals surface area contributed by atoms with Crippen molar-refractivity contribution < 1.29 is 0 Å². The van der Waals surface area contributed by atoms with Crippen molar-refractivity contribution in [1.29, 1.82) is 0 Å². The van der Waals surface area contributed by atoms with E-state index in [4.69, 9.17) is 0 Å². The highest BCUT2D eigenvalue weighted by molar-refractivity contribution is 7.15. The molecule has 0 aromatic carbocycles. The molecule has 1 N–H and O–H groups in total. The molecule has 0 fully saturated rings. The van der Waals surface area contributed by atoms with Gasteiger partial charge in [0.15, 0.2) is 0 Å². The number of fused-ring (bicyclic) bond motifs is 1. The molecule has 0 saturated heterocycles. The standard InChI is InChI=1S/C14H15N3S/c1-14(2,3)13-17-8-11(18-13)9-4-6-15-12-10(9)5-7-16-12/h4-8H,1-3H3,(H,15,16). The molecular formula is C14H15N3S. The van der Waals surface area contributed by atoms with Crippen LogP contribution in [-0.2, 0) is 5.41 Å². The Bertz CT molecular complexity index is 688. The average Bonchev–Trinajstić information content (AvgIpc) is 2.96. The van der Waals surface area contributed by atoms with Gasteiger partial charge in [0.2, 0.25) is 0 Å². The Morgan fingerprint density at radius 3 is 2.72 bits per heavy atom. The Kier molecular flexibility index (Phi) is 2.48. The molecule has 0 aliphatic rings. The lowest BCUT2D eigenvalue weighted by Gasteiger charge is -2.13. The molecular weight excluding hydrogens is 242 g/mol. The first-order valence-electron chi connectivity index (χ1n) is 5.94. The number of thiazole rings is 1. The molecule has 3 aromatic rings. The van der Waals surface area contributed by atoms with Crippen LogP contribution in [0.5, 0.6) is 0 Å². The molecule has 0 bridgehead atoms. The van der Waals surface area contributed by atoms with Crippen LogP contribution in [0.1, 0.15) is 25.8 Å². The van der Waals surface area contributed by atoms with E-state index in [9.17, 15) is 0 Å². The number of hydrogen-bond acceptors (Lipinski definition) is 3. The van der Waals surface area contributed by atoms with Gasteiger partial charge in [-0.05, 0) is 12.1 Å². The topological polar surface area (TPSA) is 41.6 Å². The van der Waals surface area contributed by atoms with Crippen LogP contribution in [0.2, 0.25) is 0 Å². The number of nitrogens with zero attached hydrogens (tertiary/aromatic N) is 2. The van der Waals surface area contributed by atoms with Crippen LogP contribution in [-0.4, -0.2) is 15.0 Å². The van der Waals surface area contributed by atoms with E-state index in [1.54, 1.807) is 11.3 Å². The highest BCUT2D eigenvalue weighted by Crippen LogP contribution is 2.35. The van der Waals surface area contributed by atoms with Gasteiger partial charge in [-0.3, -0.25) is 0 Å². The molecule has 0 amide bonds. The summed E-state index contributed by atoms with van der Waals surface area (Å²) in [6, 6.07) is 4.12. The van der Waals surface area contributed by atoms with Crippen molar-refractivity contribution in [3.8, 4) is 10.4 Å². The Hall–Kier alpha value is -1.68. The fourth-order valence-electron chi connectivity index (χ4n) is 1.92. The van der Waals surface area contributed by atoms with Crippen LogP contribution in [0.3, 0.4) is 0 Å². The molecule has 4 heteroatoms. The molecule has 0 saturated carbocycles. The number of hydrogen-bond donors (Lipinski definition) is 1. The summed E-state index contributed by atoms with van der Waals surface area (Å²) in [7, 11) is 0. The first kappa shape index (κ1) is 11.4. The normalized spacial score (nSPS) is 12.2. The van der Waals surface area contributed by atoms with E-state index in [1.807, 2.05) is 18.6 Å². The van der Waals surface area contributed by atoms with E-state index in [2.05, 4.69) is 47.9 Å². The van der Waals surface area contributed by atoms with Crippen molar-refractivity contribution in [2.75, 3.05) is 0 Å². The van der Waals surface area contributed by atoms with Gasteiger partial charge in [0.1, 0.15) is 5.65 Å². The molecule has 3 nitrogen and oxygen atoms in total. The second-order valence-electron chi connectivity index (χ2n) is 5.38. The highest BCUT2D eigenvalue weighted by Gasteiger charge is 2.19. The second kappa shape index (κ2) is 3.92. The smallest absolute Gasteiger partial charge is 0.137 e. The van der Waals surface area contributed by atoms with Crippen LogP contribution >= 0.6 is 11.3 Å². The predicted molar refractivity (Wildman–Crippen MR) is 75.9 cm³/mol. The molecule has 0 radical (unpaired) electrons. The maximum Gasteiger partial charge on any atom is 0.137 e. The summed E-state index contributed by atoms with van der Waals surface area (Å²) in [5, 5.41) is 2.32. The lowest BCUT2D eigenvalue weighted by atomic mass is 9.98. The van der Waals surface area contributed by atoms with E-state index in [1.165, 1.54) is 10.4 Å². The van der Waals surface area contributed by atoms with E-state index in [0.717, 1.165) is 16.0 Å². The number of H-pyrrole nitrogens is 1. The Morgan fingerprint density at radius 2 is 2.00 bits per heavy atom. The zero-order valence-electron chi connectivity index (χ0n) is 10.7. The van der Waals surface area contributed by atoms with Crippen LogP contribution in [0.15, 0.2) is 30.7 Å². The molecule has 18 heavy (non-hydrogen) atoms. The van der Waals surface area contributed by atoms with Gasteiger partial charge < -0.3 is 4.98 Å². The SMILES string of the molecule is CC(C)(C)c1ncc(-c2ccnc3[nH]ccc23)s1. The molecule has 0 aliphatic carbocycles. The average molecular weight is 257 g/mol. The number of pyridine rings is 1. The fraction of sp³-hybridized carbons (Fsp3) is 0.286. The van der Waals surface area contributed by atoms with E-state index >= 15 is 0 Å². The van der Waals surface area contributed by atoms with Gasteiger partial charge in [-0.25, -0.2) is 9.97 Å². The minimum absolute atomic E-state index is 0.104. The maximum absolute atomic E-state index is 4.54. The van der Waals surface area contributed by atoms with Gasteiger partial charge in [0.05, 0.1) is 9.88 Å². The summed E-state index contributed by atoms with van der Waals surface area (Å²) < 4.78 is 0. The van der Waals surface area contributed by atoms with Crippen LogP contribution < -0.4 is 0 Å². The monoisotopic (exact) mass is 257 g/mol. The van der Waals surface area contributed by atoms with Crippen molar-refractivity contribution in [1.82, 2.24) is 15.0 Å². The summed E-state index contributed by atoms with van der Waals surface area (Å²) in [6.45, 7) is 6.57. The molecule has 0 aliphatic heterocycles. The van der Waals surface area contributed by atoms with Crippen molar-refractivity contribution in [2.45, 2.75) is 26.2 Å². The zero-order valence-corrected chi connectivity index (χ0v) is 11.5. The Labute approximate surface area is 110 Å². The number of aromatic amines is 1. The molecule has 0 atom stereocenters. The van der Waals surface area contributed by atoms with Gasteiger partial charge in [-0.1, -0.05) is 20.8 Å². The zero-order chi connectivity index (χ0) is 12.8. The van der Waals surface area contributed by atoms with Crippen molar-refractivity contribution in [3.05, 3.63) is 35.7 Å². The first-order valence-corrected chi connectivity index (χ1v) is 6.76. The third-order valence-corrected chi connectivity index (χ3v) is 4.33. The lowest BCUT2D eigenvalue weighted by molar-refractivity contribution is 0.585. The van der Waals surface area contributed by atoms with Gasteiger partial charge in [-0.15, -0.1) is 11.3 Å². The summed E-state index contributed by atoms with van der Waals surface area (Å²) in [4.78, 5) is 13.2. The minimum Gasteiger partial charge on any atom is -0.346 e. The molecule has 3 heterocycles. The Morgan fingerprint density at radius 1 is 1.17 bits per heavy atom. The van der Waals surface area contributed by atoms with Crippen LogP contribution in [0.25, 0.3) is 21.5 Å². The summed E-state index contributed by atoms with van der Waals surface area (Å²) in [5.74, 6) is 0. The number of aromatic nitrogens is 3. The summed E-state index contributed by atoms with van der Waals surface area (Å²) in [6.07, 6.45) is 5.73. The summed E-state index contributed by atoms with van der Waals surface area (Å²) in [5.41, 5.74) is 2.24. The number of rotatable bonds is 1. The van der Waals surface area contributed by atoms with Gasteiger partial charge in [0.25, 0.3) is 0 Å². The van der Waals surface area contributed by atoms with E-state index in [-0.39, 0.29) is 5.41 Å². The third kappa shape index (κ3) is 1.82. The van der Waals surface area contributed by atoms with Gasteiger partial charge >= 0.3 is 0 Å². The molecule has 3 rings (SSSR count). The lowest BCUT2D eigenvalue weighted by Crippen LogP contribution is -2.09. The molecule has 0 spiro atoms. The predicted octanol–water partition coefficient (Wildman–Crippen LogP) is 3.98. The van der Waals surface area contributed by atoms with Crippen LogP contribution in [0.4, 0.5) is 0 Å². The third-order valence-electron chi connectivity index (χ3n) is 2.87. The van der Waals surface area contributed by atoms with Gasteiger partial charge in [-0.2, -0.15) is 0 Å². The highest BCUT2D eigenvalue weighted by atomic mass is 32.1. The fourth-order valence-corrected chi connectivity index (χ4v) is 2.93. The molecule has 92 valence electrons. The summed E-state index contributed by atoms with van der Waals surface area (Å²) >= 11 is 1.76. The largest absolute Gasteiger partial charge is 0.346 e. The van der Waals surface area contributed by atoms with E-state index < -0.39 is 0 Å². The van der Waals surface area contributed by atoms with Crippen molar-refractivity contribution in [2.24, 2.45) is 0 Å². The van der Waals surface area contributed by atoms with Crippen molar-refractivity contribution >= 4 is 22.4 Å².